The maximum atomic E-state index is 11.8. The summed E-state index contributed by atoms with van der Waals surface area (Å²) in [4.78, 5) is 22.4. The number of benzene rings is 1. The van der Waals surface area contributed by atoms with Crippen LogP contribution in [0.4, 0.5) is 0 Å². The summed E-state index contributed by atoms with van der Waals surface area (Å²) in [6, 6.07) is 6.72. The summed E-state index contributed by atoms with van der Waals surface area (Å²) in [5.41, 5.74) is 0.395. The third kappa shape index (κ3) is 2.39. The molecule has 0 radical (unpaired) electrons. The fourth-order valence-corrected chi connectivity index (χ4v) is 1.69. The van der Waals surface area contributed by atoms with Crippen molar-refractivity contribution in [3.63, 3.8) is 0 Å². The van der Waals surface area contributed by atoms with Gasteiger partial charge in [-0.05, 0) is 18.2 Å². The van der Waals surface area contributed by atoms with Crippen LogP contribution in [0.5, 0.6) is 0 Å². The number of hydrogen-bond donors (Lipinski definition) is 2. The number of H-pyrrole nitrogens is 1. The molecule has 0 spiro atoms. The van der Waals surface area contributed by atoms with Crippen molar-refractivity contribution in [2.75, 3.05) is 0 Å². The van der Waals surface area contributed by atoms with Gasteiger partial charge in [-0.1, -0.05) is 17.7 Å². The van der Waals surface area contributed by atoms with Gasteiger partial charge in [-0.3, -0.25) is 14.7 Å². The fourth-order valence-electron chi connectivity index (χ4n) is 1.50. The van der Waals surface area contributed by atoms with Crippen molar-refractivity contribution in [1.82, 2.24) is 9.78 Å². The minimum Gasteiger partial charge on any atom is -0.481 e. The van der Waals surface area contributed by atoms with Gasteiger partial charge in [0.1, 0.15) is 0 Å². The van der Waals surface area contributed by atoms with Crippen molar-refractivity contribution < 1.29 is 9.90 Å². The largest absolute Gasteiger partial charge is 0.481 e. The zero-order valence-electron chi connectivity index (χ0n) is 8.68. The van der Waals surface area contributed by atoms with E-state index in [0.717, 1.165) is 0 Å². The Hall–Kier alpha value is -2.01. The average molecular weight is 253 g/mol. The Morgan fingerprint density at radius 1 is 1.47 bits per heavy atom. The Balaban J connectivity index is 2.44. The van der Waals surface area contributed by atoms with Crippen molar-refractivity contribution in [2.24, 2.45) is 0 Å². The van der Waals surface area contributed by atoms with Crippen LogP contribution in [0.3, 0.4) is 0 Å². The SMILES string of the molecule is O=C(O)Cc1c[nH]n(-c2cccc(Cl)c2)c1=O. The van der Waals surface area contributed by atoms with Crippen molar-refractivity contribution in [3.8, 4) is 5.69 Å². The van der Waals surface area contributed by atoms with E-state index in [1.807, 2.05) is 0 Å². The van der Waals surface area contributed by atoms with Crippen molar-refractivity contribution in [3.05, 3.63) is 51.4 Å². The number of hydrogen-bond acceptors (Lipinski definition) is 2. The second kappa shape index (κ2) is 4.47. The molecule has 0 saturated heterocycles. The maximum absolute atomic E-state index is 11.8. The molecule has 0 saturated carbocycles. The highest BCUT2D eigenvalue weighted by molar-refractivity contribution is 6.30. The maximum Gasteiger partial charge on any atom is 0.308 e. The van der Waals surface area contributed by atoms with Crippen LogP contribution < -0.4 is 5.56 Å². The minimum atomic E-state index is -1.04. The molecule has 0 fully saturated rings. The van der Waals surface area contributed by atoms with Crippen LogP contribution in [0.15, 0.2) is 35.3 Å². The molecule has 1 aromatic heterocycles. The summed E-state index contributed by atoms with van der Waals surface area (Å²) >= 11 is 5.81. The fraction of sp³-hybridized carbons (Fsp3) is 0.0909. The van der Waals surface area contributed by atoms with E-state index < -0.39 is 5.97 Å². The summed E-state index contributed by atoms with van der Waals surface area (Å²) in [6.07, 6.45) is 1.08. The molecule has 0 aliphatic carbocycles. The van der Waals surface area contributed by atoms with Crippen molar-refractivity contribution in [1.29, 1.82) is 0 Å². The van der Waals surface area contributed by atoms with Crippen LogP contribution in [0.25, 0.3) is 5.69 Å². The summed E-state index contributed by atoms with van der Waals surface area (Å²) in [5.74, 6) is -1.04. The number of nitrogens with one attached hydrogen (secondary N) is 1. The third-order valence-electron chi connectivity index (χ3n) is 2.25. The van der Waals surface area contributed by atoms with Gasteiger partial charge in [0.15, 0.2) is 0 Å². The van der Waals surface area contributed by atoms with E-state index in [9.17, 15) is 9.59 Å². The standard InChI is InChI=1S/C11H9ClN2O3/c12-8-2-1-3-9(5-8)14-11(17)7(6-13-14)4-10(15)16/h1-3,5-6,13H,4H2,(H,15,16). The predicted molar refractivity (Wildman–Crippen MR) is 62.7 cm³/mol. The van der Waals surface area contributed by atoms with Gasteiger partial charge in [-0.2, -0.15) is 0 Å². The van der Waals surface area contributed by atoms with Gasteiger partial charge >= 0.3 is 5.97 Å². The van der Waals surface area contributed by atoms with E-state index in [4.69, 9.17) is 16.7 Å². The van der Waals surface area contributed by atoms with Gasteiger partial charge in [0, 0.05) is 16.8 Å². The summed E-state index contributed by atoms with van der Waals surface area (Å²) in [6.45, 7) is 0. The first-order chi connectivity index (χ1) is 8.08. The topological polar surface area (TPSA) is 75.1 Å². The molecule has 2 rings (SSSR count). The number of halogens is 1. The summed E-state index contributed by atoms with van der Waals surface area (Å²) in [7, 11) is 0. The van der Waals surface area contributed by atoms with E-state index in [2.05, 4.69) is 5.10 Å². The van der Waals surface area contributed by atoms with E-state index in [1.165, 1.54) is 10.9 Å². The highest BCUT2D eigenvalue weighted by Crippen LogP contribution is 2.12. The number of nitrogens with zero attached hydrogens (tertiary/aromatic N) is 1. The van der Waals surface area contributed by atoms with Crippen LogP contribution in [-0.2, 0) is 11.2 Å². The number of carbonyl (C=O) groups is 1. The zero-order chi connectivity index (χ0) is 12.4. The lowest BCUT2D eigenvalue weighted by molar-refractivity contribution is -0.136. The lowest BCUT2D eigenvalue weighted by atomic mass is 10.2. The lowest BCUT2D eigenvalue weighted by Gasteiger charge is -2.00. The molecule has 2 aromatic rings. The molecule has 6 heteroatoms. The highest BCUT2D eigenvalue weighted by Gasteiger charge is 2.10. The third-order valence-corrected chi connectivity index (χ3v) is 2.49. The molecule has 0 aliphatic rings. The number of aromatic nitrogens is 2. The van der Waals surface area contributed by atoms with Crippen LogP contribution in [-0.4, -0.2) is 20.9 Å². The van der Waals surface area contributed by atoms with Gasteiger partial charge in [0.2, 0.25) is 0 Å². The second-order valence-electron chi connectivity index (χ2n) is 3.49. The average Bonchev–Trinajstić information content (AvgIpc) is 2.60. The van der Waals surface area contributed by atoms with E-state index in [0.29, 0.717) is 10.7 Å². The predicted octanol–water partition coefficient (Wildman–Crippen LogP) is 1.45. The van der Waals surface area contributed by atoms with E-state index in [1.54, 1.807) is 24.3 Å². The molecule has 88 valence electrons. The van der Waals surface area contributed by atoms with Crippen molar-refractivity contribution >= 4 is 17.6 Å². The molecule has 0 unspecified atom stereocenters. The van der Waals surface area contributed by atoms with Gasteiger partial charge in [-0.15, -0.1) is 0 Å². The smallest absolute Gasteiger partial charge is 0.308 e. The first-order valence-corrected chi connectivity index (χ1v) is 5.23. The Morgan fingerprint density at radius 2 is 2.24 bits per heavy atom. The normalized spacial score (nSPS) is 10.4. The number of carboxylic acid groups (broad SMARTS) is 1. The highest BCUT2D eigenvalue weighted by atomic mass is 35.5. The Labute approximate surface area is 101 Å². The van der Waals surface area contributed by atoms with E-state index >= 15 is 0 Å². The van der Waals surface area contributed by atoms with Crippen LogP contribution in [0.2, 0.25) is 5.02 Å². The quantitative estimate of drug-likeness (QED) is 0.868. The molecular formula is C11H9ClN2O3. The minimum absolute atomic E-state index is 0.206. The van der Waals surface area contributed by atoms with Gasteiger partial charge < -0.3 is 5.11 Å². The van der Waals surface area contributed by atoms with Gasteiger partial charge in [0.05, 0.1) is 12.1 Å². The van der Waals surface area contributed by atoms with Crippen LogP contribution in [0, 0.1) is 0 Å². The number of aromatic amines is 1. The molecule has 0 atom stereocenters. The monoisotopic (exact) mass is 252 g/mol. The zero-order valence-corrected chi connectivity index (χ0v) is 9.44. The van der Waals surface area contributed by atoms with Gasteiger partial charge in [0.25, 0.3) is 5.56 Å². The molecule has 0 aliphatic heterocycles. The van der Waals surface area contributed by atoms with Crippen LogP contribution in [0.1, 0.15) is 5.56 Å². The van der Waals surface area contributed by atoms with Gasteiger partial charge in [-0.25, -0.2) is 4.68 Å². The molecule has 0 bridgehead atoms. The Bertz CT molecular complexity index is 615. The number of rotatable bonds is 3. The molecule has 17 heavy (non-hydrogen) atoms. The molecule has 2 N–H and O–H groups in total. The molecular weight excluding hydrogens is 244 g/mol. The number of aliphatic carboxylic acids is 1. The molecule has 1 aromatic carbocycles. The van der Waals surface area contributed by atoms with Crippen molar-refractivity contribution in [2.45, 2.75) is 6.42 Å². The summed E-state index contributed by atoms with van der Waals surface area (Å²) < 4.78 is 1.25. The second-order valence-corrected chi connectivity index (χ2v) is 3.93. The Morgan fingerprint density at radius 3 is 2.88 bits per heavy atom. The molecule has 0 amide bonds. The summed E-state index contributed by atoms with van der Waals surface area (Å²) in [5, 5.41) is 11.8. The molecule has 5 nitrogen and oxygen atoms in total. The molecule has 1 heterocycles. The first-order valence-electron chi connectivity index (χ1n) is 4.85. The van der Waals surface area contributed by atoms with E-state index in [-0.39, 0.29) is 17.5 Å². The lowest BCUT2D eigenvalue weighted by Crippen LogP contribution is -2.19. The Kier molecular flexibility index (Phi) is 3.01. The first kappa shape index (κ1) is 11.5. The van der Waals surface area contributed by atoms with Crippen LogP contribution >= 0.6 is 11.6 Å². The number of carboxylic acids is 1.